The van der Waals surface area contributed by atoms with E-state index in [-0.39, 0.29) is 0 Å². The molecule has 0 aliphatic heterocycles. The van der Waals surface area contributed by atoms with Gasteiger partial charge in [-0.05, 0) is 49.9 Å². The van der Waals surface area contributed by atoms with Crippen LogP contribution in [-0.2, 0) is 5.88 Å². The lowest BCUT2D eigenvalue weighted by Gasteiger charge is -2.11. The number of pyridine rings is 1. The Bertz CT molecular complexity index is 600. The molecule has 4 heteroatoms. The fraction of sp³-hybridized carbons (Fsp3) is 0.467. The van der Waals surface area contributed by atoms with Crippen LogP contribution >= 0.6 is 11.6 Å². The summed E-state index contributed by atoms with van der Waals surface area (Å²) in [5.41, 5.74) is 5.52. The Hall–Kier alpha value is -1.35. The first-order valence-electron chi connectivity index (χ1n) is 6.54. The van der Waals surface area contributed by atoms with E-state index in [1.165, 1.54) is 5.56 Å². The minimum atomic E-state index is 0.375. The zero-order valence-corrected chi connectivity index (χ0v) is 12.9. The lowest BCUT2D eigenvalue weighted by molar-refractivity contribution is 0.763. The average Bonchev–Trinajstić information content (AvgIpc) is 2.66. The van der Waals surface area contributed by atoms with Crippen molar-refractivity contribution < 1.29 is 0 Å². The number of hydrogen-bond donors (Lipinski definition) is 0. The third kappa shape index (κ3) is 2.66. The van der Waals surface area contributed by atoms with Gasteiger partial charge in [-0.15, -0.1) is 11.6 Å². The number of aromatic nitrogens is 3. The fourth-order valence-electron chi connectivity index (χ4n) is 2.02. The van der Waals surface area contributed by atoms with Crippen molar-refractivity contribution in [3.8, 4) is 5.82 Å². The SMILES string of the molecule is Cc1nn(-c2cc(CCl)cc(C(C)C)n2)c(C)c1C. The van der Waals surface area contributed by atoms with E-state index in [9.17, 15) is 0 Å². The molecule has 0 aromatic carbocycles. The minimum Gasteiger partial charge on any atom is -0.233 e. The van der Waals surface area contributed by atoms with Crippen LogP contribution in [0.4, 0.5) is 0 Å². The van der Waals surface area contributed by atoms with Crippen LogP contribution in [0.2, 0.25) is 0 Å². The van der Waals surface area contributed by atoms with Crippen molar-refractivity contribution in [3.63, 3.8) is 0 Å². The van der Waals surface area contributed by atoms with Gasteiger partial charge in [-0.1, -0.05) is 13.8 Å². The van der Waals surface area contributed by atoms with E-state index in [1.807, 2.05) is 17.7 Å². The molecule has 19 heavy (non-hydrogen) atoms. The van der Waals surface area contributed by atoms with Gasteiger partial charge in [0.05, 0.1) is 5.69 Å². The van der Waals surface area contributed by atoms with Crippen molar-refractivity contribution in [2.75, 3.05) is 0 Å². The summed E-state index contributed by atoms with van der Waals surface area (Å²) < 4.78 is 1.91. The molecule has 0 atom stereocenters. The van der Waals surface area contributed by atoms with Gasteiger partial charge in [0, 0.05) is 17.3 Å². The summed E-state index contributed by atoms with van der Waals surface area (Å²) in [6.45, 7) is 10.4. The highest BCUT2D eigenvalue weighted by Crippen LogP contribution is 2.21. The lowest BCUT2D eigenvalue weighted by Crippen LogP contribution is -2.06. The first-order valence-corrected chi connectivity index (χ1v) is 7.07. The quantitative estimate of drug-likeness (QED) is 0.792. The molecular weight excluding hydrogens is 258 g/mol. The zero-order valence-electron chi connectivity index (χ0n) is 12.2. The van der Waals surface area contributed by atoms with Crippen LogP contribution in [0.3, 0.4) is 0 Å². The van der Waals surface area contributed by atoms with Crippen LogP contribution in [0, 0.1) is 20.8 Å². The molecule has 0 N–H and O–H groups in total. The Morgan fingerprint density at radius 1 is 1.21 bits per heavy atom. The van der Waals surface area contributed by atoms with E-state index < -0.39 is 0 Å². The van der Waals surface area contributed by atoms with Crippen molar-refractivity contribution in [1.29, 1.82) is 0 Å². The van der Waals surface area contributed by atoms with Crippen molar-refractivity contribution in [2.45, 2.75) is 46.4 Å². The highest BCUT2D eigenvalue weighted by atomic mass is 35.5. The van der Waals surface area contributed by atoms with Crippen molar-refractivity contribution in [1.82, 2.24) is 14.8 Å². The van der Waals surface area contributed by atoms with E-state index in [4.69, 9.17) is 16.6 Å². The van der Waals surface area contributed by atoms with Crippen molar-refractivity contribution in [3.05, 3.63) is 40.3 Å². The third-order valence-electron chi connectivity index (χ3n) is 3.51. The van der Waals surface area contributed by atoms with E-state index in [1.54, 1.807) is 0 Å². The molecule has 2 aromatic rings. The zero-order chi connectivity index (χ0) is 14.2. The summed E-state index contributed by atoms with van der Waals surface area (Å²) >= 11 is 5.98. The number of rotatable bonds is 3. The molecular formula is C15H20ClN3. The van der Waals surface area contributed by atoms with Crippen molar-refractivity contribution in [2.24, 2.45) is 0 Å². The first kappa shape index (κ1) is 14.1. The van der Waals surface area contributed by atoms with Gasteiger partial charge in [-0.25, -0.2) is 9.67 Å². The van der Waals surface area contributed by atoms with Crippen LogP contribution in [0.15, 0.2) is 12.1 Å². The number of alkyl halides is 1. The van der Waals surface area contributed by atoms with E-state index in [2.05, 4.69) is 38.9 Å². The number of halogens is 1. The molecule has 0 aliphatic rings. The predicted molar refractivity (Wildman–Crippen MR) is 79.2 cm³/mol. The normalized spacial score (nSPS) is 11.3. The molecule has 0 spiro atoms. The van der Waals surface area contributed by atoms with E-state index >= 15 is 0 Å². The summed E-state index contributed by atoms with van der Waals surface area (Å²) in [6.07, 6.45) is 0. The largest absolute Gasteiger partial charge is 0.233 e. The summed E-state index contributed by atoms with van der Waals surface area (Å²) in [4.78, 5) is 4.71. The maximum Gasteiger partial charge on any atom is 0.154 e. The molecule has 0 amide bonds. The standard InChI is InChI=1S/C15H20ClN3/c1-9(2)14-6-13(8-16)7-15(17-14)19-12(5)10(3)11(4)18-19/h6-7,9H,8H2,1-5H3. The Balaban J connectivity index is 2.61. The maximum atomic E-state index is 5.98. The molecule has 0 bridgehead atoms. The maximum absolute atomic E-state index is 5.98. The Morgan fingerprint density at radius 2 is 1.89 bits per heavy atom. The minimum absolute atomic E-state index is 0.375. The van der Waals surface area contributed by atoms with Crippen molar-refractivity contribution >= 4 is 11.6 Å². The van der Waals surface area contributed by atoms with Gasteiger partial charge in [0.2, 0.25) is 0 Å². The highest BCUT2D eigenvalue weighted by molar-refractivity contribution is 6.17. The molecule has 0 fully saturated rings. The summed E-state index contributed by atoms with van der Waals surface area (Å²) in [5.74, 6) is 1.73. The van der Waals surface area contributed by atoms with Crippen LogP contribution in [-0.4, -0.2) is 14.8 Å². The summed E-state index contributed by atoms with van der Waals surface area (Å²) in [5, 5.41) is 4.57. The summed E-state index contributed by atoms with van der Waals surface area (Å²) in [7, 11) is 0. The van der Waals surface area contributed by atoms with Crippen LogP contribution in [0.25, 0.3) is 5.82 Å². The highest BCUT2D eigenvalue weighted by Gasteiger charge is 2.12. The molecule has 3 nitrogen and oxygen atoms in total. The molecule has 0 unspecified atom stereocenters. The van der Waals surface area contributed by atoms with Gasteiger partial charge in [0.15, 0.2) is 5.82 Å². The molecule has 0 radical (unpaired) electrons. The molecule has 2 aromatic heterocycles. The number of hydrogen-bond acceptors (Lipinski definition) is 2. The van der Waals surface area contributed by atoms with Gasteiger partial charge in [-0.3, -0.25) is 0 Å². The topological polar surface area (TPSA) is 30.7 Å². The smallest absolute Gasteiger partial charge is 0.154 e. The van der Waals surface area contributed by atoms with E-state index in [0.717, 1.165) is 28.5 Å². The van der Waals surface area contributed by atoms with Gasteiger partial charge >= 0.3 is 0 Å². The molecule has 0 aliphatic carbocycles. The second kappa shape index (κ2) is 5.33. The van der Waals surface area contributed by atoms with Crippen LogP contribution in [0.5, 0.6) is 0 Å². The van der Waals surface area contributed by atoms with Crippen LogP contribution in [0.1, 0.15) is 48.0 Å². The van der Waals surface area contributed by atoms with Crippen LogP contribution < -0.4 is 0 Å². The monoisotopic (exact) mass is 277 g/mol. The molecule has 2 heterocycles. The predicted octanol–water partition coefficient (Wildman–Crippen LogP) is 4.05. The second-order valence-electron chi connectivity index (χ2n) is 5.25. The van der Waals surface area contributed by atoms with Gasteiger partial charge < -0.3 is 0 Å². The lowest BCUT2D eigenvalue weighted by atomic mass is 10.1. The Kier molecular flexibility index (Phi) is 3.95. The second-order valence-corrected chi connectivity index (χ2v) is 5.52. The van der Waals surface area contributed by atoms with E-state index in [0.29, 0.717) is 11.8 Å². The Morgan fingerprint density at radius 3 is 2.37 bits per heavy atom. The van der Waals surface area contributed by atoms with Gasteiger partial charge in [0.25, 0.3) is 0 Å². The van der Waals surface area contributed by atoms with Gasteiger partial charge in [0.1, 0.15) is 0 Å². The third-order valence-corrected chi connectivity index (χ3v) is 3.82. The fourth-order valence-corrected chi connectivity index (χ4v) is 2.17. The number of aryl methyl sites for hydroxylation is 1. The molecule has 2 rings (SSSR count). The molecule has 102 valence electrons. The molecule has 0 saturated carbocycles. The Labute approximate surface area is 119 Å². The summed E-state index contributed by atoms with van der Waals surface area (Å²) in [6, 6.07) is 4.08. The van der Waals surface area contributed by atoms with Gasteiger partial charge in [-0.2, -0.15) is 5.10 Å². The number of nitrogens with zero attached hydrogens (tertiary/aromatic N) is 3. The first-order chi connectivity index (χ1) is 8.93. The average molecular weight is 278 g/mol. The molecule has 0 saturated heterocycles.